The second-order valence-electron chi connectivity index (χ2n) is 9.97. The number of nitrogens with one attached hydrogen (secondary N) is 1. The number of rotatable bonds is 12. The van der Waals surface area contributed by atoms with Crippen LogP contribution in [0.3, 0.4) is 0 Å². The number of benzene rings is 2. The zero-order valence-corrected chi connectivity index (χ0v) is 22.1. The lowest BCUT2D eigenvalue weighted by molar-refractivity contribution is -0.120. The number of hydrogen-bond donors (Lipinski definition) is 3. The second kappa shape index (κ2) is 12.8. The Kier molecular flexibility index (Phi) is 8.77. The van der Waals surface area contributed by atoms with Crippen molar-refractivity contribution >= 4 is 28.4 Å². The van der Waals surface area contributed by atoms with Gasteiger partial charge in [-0.25, -0.2) is 19.0 Å². The molecule has 4 aromatic rings. The molecule has 40 heavy (non-hydrogen) atoms. The van der Waals surface area contributed by atoms with E-state index in [1.807, 2.05) is 18.2 Å². The third-order valence-corrected chi connectivity index (χ3v) is 7.20. The number of hydrogen-bond acceptors (Lipinski definition) is 9. The summed E-state index contributed by atoms with van der Waals surface area (Å²) in [4.78, 5) is 23.3. The highest BCUT2D eigenvalue weighted by Gasteiger charge is 2.23. The fraction of sp³-hybridized carbons (Fsp3) is 0.393. The molecule has 2 aromatic carbocycles. The summed E-state index contributed by atoms with van der Waals surface area (Å²) in [6.07, 6.45) is 7.09. The van der Waals surface area contributed by atoms with Crippen molar-refractivity contribution in [3.8, 4) is 5.75 Å². The van der Waals surface area contributed by atoms with Gasteiger partial charge in [-0.15, -0.1) is 5.10 Å². The highest BCUT2D eigenvalue weighted by atomic mass is 19.1. The smallest absolute Gasteiger partial charge is 0.246 e. The average Bonchev–Trinajstić information content (AvgIpc) is 3.40. The maximum absolute atomic E-state index is 13.7. The molecule has 0 saturated carbocycles. The van der Waals surface area contributed by atoms with Gasteiger partial charge in [-0.1, -0.05) is 17.3 Å². The number of anilines is 2. The minimum atomic E-state index is -1.02. The van der Waals surface area contributed by atoms with Gasteiger partial charge in [0.2, 0.25) is 5.91 Å². The SMILES string of the molecule is NC(=O)C(c1cccc(F)c1)n1cc(Nc2ncnc3cc(OCCCN4CCC(CCO)CC4)ccc23)nn1. The lowest BCUT2D eigenvalue weighted by Gasteiger charge is -2.31. The van der Waals surface area contributed by atoms with Crippen molar-refractivity contribution < 1.29 is 19.0 Å². The number of nitrogens with zero attached hydrogens (tertiary/aromatic N) is 6. The second-order valence-corrected chi connectivity index (χ2v) is 9.97. The van der Waals surface area contributed by atoms with E-state index in [0.717, 1.165) is 56.5 Å². The Morgan fingerprint density at radius 3 is 2.83 bits per heavy atom. The van der Waals surface area contributed by atoms with Crippen molar-refractivity contribution in [2.24, 2.45) is 11.7 Å². The number of ether oxygens (including phenoxy) is 1. The maximum Gasteiger partial charge on any atom is 0.246 e. The molecule has 1 aliphatic rings. The fourth-order valence-electron chi connectivity index (χ4n) is 5.09. The van der Waals surface area contributed by atoms with Gasteiger partial charge in [0.25, 0.3) is 0 Å². The van der Waals surface area contributed by atoms with Gasteiger partial charge in [0.1, 0.15) is 23.7 Å². The van der Waals surface area contributed by atoms with Crippen LogP contribution in [-0.4, -0.2) is 73.7 Å². The molecule has 1 aliphatic heterocycles. The summed E-state index contributed by atoms with van der Waals surface area (Å²) in [6.45, 7) is 4.04. The van der Waals surface area contributed by atoms with E-state index in [0.29, 0.717) is 35.2 Å². The molecule has 0 spiro atoms. The molecule has 11 nitrogen and oxygen atoms in total. The number of aromatic nitrogens is 5. The van der Waals surface area contributed by atoms with Crippen LogP contribution in [0.2, 0.25) is 0 Å². The van der Waals surface area contributed by atoms with Crippen LogP contribution in [-0.2, 0) is 4.79 Å². The van der Waals surface area contributed by atoms with Crippen LogP contribution in [0.5, 0.6) is 5.75 Å². The van der Waals surface area contributed by atoms with Crippen LogP contribution in [0.25, 0.3) is 10.9 Å². The lowest BCUT2D eigenvalue weighted by atomic mass is 9.94. The zero-order valence-electron chi connectivity index (χ0n) is 22.1. The molecule has 0 aliphatic carbocycles. The number of halogens is 1. The molecular weight excluding hydrogens is 515 g/mol. The van der Waals surface area contributed by atoms with Crippen molar-refractivity contribution in [2.45, 2.75) is 31.7 Å². The van der Waals surface area contributed by atoms with Gasteiger partial charge in [-0.2, -0.15) is 0 Å². The molecule has 3 heterocycles. The maximum atomic E-state index is 13.7. The van der Waals surface area contributed by atoms with Crippen molar-refractivity contribution in [3.63, 3.8) is 0 Å². The van der Waals surface area contributed by atoms with Gasteiger partial charge in [-0.05, 0) is 74.5 Å². The van der Waals surface area contributed by atoms with E-state index in [2.05, 4.69) is 30.5 Å². The highest BCUT2D eigenvalue weighted by Crippen LogP contribution is 2.27. The third kappa shape index (κ3) is 6.69. The monoisotopic (exact) mass is 548 g/mol. The van der Waals surface area contributed by atoms with Gasteiger partial charge in [0.05, 0.1) is 18.3 Å². The number of piperidine rings is 1. The standard InChI is InChI=1S/C28H33FN8O3/c29-21-4-1-3-20(15-21)26(27(30)39)37-17-25(34-35-37)33-28-23-6-5-22(16-24(23)31-18-32-28)40-14-2-10-36-11-7-19(8-12-36)9-13-38/h1,3-6,15-19,26,38H,2,7-14H2,(H2,30,39)(H,31,32,33). The molecular formula is C28H33FN8O3. The number of likely N-dealkylation sites (tertiary alicyclic amines) is 1. The summed E-state index contributed by atoms with van der Waals surface area (Å²) in [5.41, 5.74) is 6.65. The largest absolute Gasteiger partial charge is 0.493 e. The minimum absolute atomic E-state index is 0.281. The van der Waals surface area contributed by atoms with E-state index >= 15 is 0 Å². The Morgan fingerprint density at radius 2 is 2.05 bits per heavy atom. The number of fused-ring (bicyclic) bond motifs is 1. The summed E-state index contributed by atoms with van der Waals surface area (Å²) in [6, 6.07) is 10.2. The van der Waals surface area contributed by atoms with E-state index in [-0.39, 0.29) is 6.61 Å². The molecule has 12 heteroatoms. The van der Waals surface area contributed by atoms with E-state index in [1.165, 1.54) is 35.4 Å². The van der Waals surface area contributed by atoms with Crippen LogP contribution in [0.1, 0.15) is 37.3 Å². The molecule has 1 fully saturated rings. The first-order valence-electron chi connectivity index (χ1n) is 13.4. The van der Waals surface area contributed by atoms with Crippen LogP contribution in [0, 0.1) is 11.7 Å². The number of aliphatic hydroxyl groups is 1. The topological polar surface area (TPSA) is 144 Å². The Morgan fingerprint density at radius 1 is 1.20 bits per heavy atom. The van der Waals surface area contributed by atoms with Crippen LogP contribution in [0.15, 0.2) is 55.0 Å². The number of nitrogens with two attached hydrogens (primary N) is 1. The summed E-state index contributed by atoms with van der Waals surface area (Å²) < 4.78 is 21.0. The van der Waals surface area contributed by atoms with E-state index in [4.69, 9.17) is 15.6 Å². The number of carbonyl (C=O) groups is 1. The average molecular weight is 549 g/mol. The molecule has 0 bridgehead atoms. The third-order valence-electron chi connectivity index (χ3n) is 7.20. The predicted octanol–water partition coefficient (Wildman–Crippen LogP) is 3.04. The number of amides is 1. The Labute approximate surface area is 231 Å². The van der Waals surface area contributed by atoms with Crippen LogP contribution in [0.4, 0.5) is 16.0 Å². The minimum Gasteiger partial charge on any atom is -0.493 e. The first-order valence-corrected chi connectivity index (χ1v) is 13.4. The van der Waals surface area contributed by atoms with Crippen LogP contribution >= 0.6 is 0 Å². The lowest BCUT2D eigenvalue weighted by Crippen LogP contribution is -2.35. The van der Waals surface area contributed by atoms with Gasteiger partial charge in [0.15, 0.2) is 11.9 Å². The normalized spacial score (nSPS) is 15.2. The van der Waals surface area contributed by atoms with Crippen molar-refractivity contribution in [3.05, 3.63) is 66.4 Å². The fourth-order valence-corrected chi connectivity index (χ4v) is 5.09. The highest BCUT2D eigenvalue weighted by molar-refractivity contribution is 5.91. The number of aliphatic hydroxyl groups excluding tert-OH is 1. The Bertz CT molecular complexity index is 1440. The predicted molar refractivity (Wildman–Crippen MR) is 148 cm³/mol. The number of primary amides is 1. The van der Waals surface area contributed by atoms with E-state index in [9.17, 15) is 9.18 Å². The molecule has 1 unspecified atom stereocenters. The Hall–Kier alpha value is -4.16. The molecule has 2 aromatic heterocycles. The summed E-state index contributed by atoms with van der Waals surface area (Å²) in [7, 11) is 0. The molecule has 1 amide bonds. The van der Waals surface area contributed by atoms with Crippen molar-refractivity contribution in [1.29, 1.82) is 0 Å². The van der Waals surface area contributed by atoms with Gasteiger partial charge >= 0.3 is 0 Å². The number of carbonyl (C=O) groups excluding carboxylic acids is 1. The van der Waals surface area contributed by atoms with Crippen LogP contribution < -0.4 is 15.8 Å². The molecule has 4 N–H and O–H groups in total. The Balaban J connectivity index is 1.19. The van der Waals surface area contributed by atoms with Crippen molar-refractivity contribution in [2.75, 3.05) is 38.2 Å². The first-order chi connectivity index (χ1) is 19.5. The first kappa shape index (κ1) is 27.4. The summed E-state index contributed by atoms with van der Waals surface area (Å²) in [5.74, 6) is 1.05. The zero-order chi connectivity index (χ0) is 27.9. The molecule has 5 rings (SSSR count). The quantitative estimate of drug-likeness (QED) is 0.228. The van der Waals surface area contributed by atoms with Gasteiger partial charge < -0.3 is 25.8 Å². The van der Waals surface area contributed by atoms with Crippen molar-refractivity contribution in [1.82, 2.24) is 29.9 Å². The summed E-state index contributed by atoms with van der Waals surface area (Å²) in [5, 5.41) is 21.1. The molecule has 0 radical (unpaired) electrons. The molecule has 1 atom stereocenters. The van der Waals surface area contributed by atoms with Gasteiger partial charge in [0, 0.05) is 24.6 Å². The van der Waals surface area contributed by atoms with Gasteiger partial charge in [-0.3, -0.25) is 4.79 Å². The van der Waals surface area contributed by atoms with E-state index < -0.39 is 17.8 Å². The molecule has 1 saturated heterocycles. The van der Waals surface area contributed by atoms with E-state index in [1.54, 1.807) is 6.07 Å². The summed E-state index contributed by atoms with van der Waals surface area (Å²) >= 11 is 0. The molecule has 210 valence electrons.